The van der Waals surface area contributed by atoms with Crippen LogP contribution in [0.2, 0.25) is 0 Å². The van der Waals surface area contributed by atoms with Gasteiger partial charge in [0.25, 0.3) is 0 Å². The van der Waals surface area contributed by atoms with Gasteiger partial charge in [-0.2, -0.15) is 0 Å². The number of carbonyl (C=O) groups excluding carboxylic acids is 1. The van der Waals surface area contributed by atoms with Crippen LogP contribution in [0.3, 0.4) is 0 Å². The number of hydrogen-bond donors (Lipinski definition) is 1. The lowest BCUT2D eigenvalue weighted by Gasteiger charge is -2.20. The second kappa shape index (κ2) is 9.50. The predicted molar refractivity (Wildman–Crippen MR) is 86.7 cm³/mol. The van der Waals surface area contributed by atoms with Crippen molar-refractivity contribution in [3.05, 3.63) is 47.2 Å². The maximum atomic E-state index is 11.6. The zero-order chi connectivity index (χ0) is 15.7. The lowest BCUT2D eigenvalue weighted by atomic mass is 10.2. The van der Waals surface area contributed by atoms with Crippen molar-refractivity contribution in [3.8, 4) is 0 Å². The normalized spacial score (nSPS) is 12.1. The number of ether oxygens (including phenoxy) is 1. The minimum Gasteiger partial charge on any atom is -0.462 e. The summed E-state index contributed by atoms with van der Waals surface area (Å²) in [7, 11) is 0. The first-order valence-electron chi connectivity index (χ1n) is 7.01. The van der Waals surface area contributed by atoms with Gasteiger partial charge in [0, 0.05) is 24.5 Å². The maximum absolute atomic E-state index is 11.6. The fourth-order valence-corrected chi connectivity index (χ4v) is 2.84. The van der Waals surface area contributed by atoms with Crippen LogP contribution in [-0.2, 0) is 4.74 Å². The van der Waals surface area contributed by atoms with E-state index < -0.39 is 6.10 Å². The first-order valence-corrected chi connectivity index (χ1v) is 7.83. The molecule has 1 rings (SSSR count). The number of rotatable bonds is 10. The van der Waals surface area contributed by atoms with E-state index in [0.717, 1.165) is 24.5 Å². The Morgan fingerprint density at radius 1 is 1.43 bits per heavy atom. The second-order valence-corrected chi connectivity index (χ2v) is 5.68. The Kier molecular flexibility index (Phi) is 7.97. The molecule has 116 valence electrons. The minimum absolute atomic E-state index is 0.333. The van der Waals surface area contributed by atoms with Gasteiger partial charge in [0.1, 0.15) is 4.88 Å². The van der Waals surface area contributed by atoms with E-state index >= 15 is 0 Å². The summed E-state index contributed by atoms with van der Waals surface area (Å²) in [5.74, 6) is -0.333. The third kappa shape index (κ3) is 5.83. The molecule has 0 aliphatic carbocycles. The summed E-state index contributed by atoms with van der Waals surface area (Å²) in [6.45, 7) is 11.8. The monoisotopic (exact) mass is 309 g/mol. The highest BCUT2D eigenvalue weighted by Crippen LogP contribution is 2.26. The van der Waals surface area contributed by atoms with Crippen LogP contribution in [0.5, 0.6) is 0 Å². The van der Waals surface area contributed by atoms with Gasteiger partial charge in [0.2, 0.25) is 0 Å². The molecule has 0 saturated heterocycles. The molecule has 1 aromatic rings. The van der Waals surface area contributed by atoms with Crippen LogP contribution in [0, 0.1) is 0 Å². The van der Waals surface area contributed by atoms with Gasteiger partial charge in [0.05, 0.1) is 12.7 Å². The molecule has 0 spiro atoms. The van der Waals surface area contributed by atoms with Gasteiger partial charge in [-0.15, -0.1) is 24.5 Å². The van der Waals surface area contributed by atoms with Crippen molar-refractivity contribution in [1.82, 2.24) is 4.90 Å². The zero-order valence-corrected chi connectivity index (χ0v) is 13.3. The van der Waals surface area contributed by atoms with Crippen molar-refractivity contribution < 1.29 is 14.6 Å². The first kappa shape index (κ1) is 17.6. The number of esters is 1. The van der Waals surface area contributed by atoms with Crippen molar-refractivity contribution in [2.75, 3.05) is 26.2 Å². The molecule has 1 heterocycles. The molecule has 0 bridgehead atoms. The number of thiophene rings is 1. The topological polar surface area (TPSA) is 49.8 Å². The van der Waals surface area contributed by atoms with Crippen LogP contribution in [0.15, 0.2) is 37.4 Å². The molecule has 0 fully saturated rings. The van der Waals surface area contributed by atoms with Crippen LogP contribution in [0.25, 0.3) is 0 Å². The molecule has 4 nitrogen and oxygen atoms in total. The number of hydrogen-bond acceptors (Lipinski definition) is 5. The van der Waals surface area contributed by atoms with E-state index in [1.165, 1.54) is 11.3 Å². The molecule has 0 saturated carbocycles. The molecule has 21 heavy (non-hydrogen) atoms. The summed E-state index contributed by atoms with van der Waals surface area (Å²) >= 11 is 1.28. The minimum atomic E-state index is -0.574. The Morgan fingerprint density at radius 2 is 2.10 bits per heavy atom. The maximum Gasteiger partial charge on any atom is 0.348 e. The molecular weight excluding hydrogens is 286 g/mol. The molecule has 0 aromatic carbocycles. The average Bonchev–Trinajstić information content (AvgIpc) is 2.95. The molecule has 0 amide bonds. The predicted octanol–water partition coefficient (Wildman–Crippen LogP) is 3.02. The lowest BCUT2D eigenvalue weighted by Crippen LogP contribution is -2.26. The van der Waals surface area contributed by atoms with E-state index in [1.54, 1.807) is 19.1 Å². The van der Waals surface area contributed by atoms with Gasteiger partial charge in [-0.05, 0) is 25.5 Å². The van der Waals surface area contributed by atoms with Crippen LogP contribution in [-0.4, -0.2) is 42.2 Å². The molecule has 0 aliphatic heterocycles. The second-order valence-electron chi connectivity index (χ2n) is 4.56. The summed E-state index contributed by atoms with van der Waals surface area (Å²) in [6, 6.07) is 3.49. The molecule has 0 radical (unpaired) electrons. The Bertz CT molecular complexity index is 460. The average molecular weight is 309 g/mol. The number of aliphatic hydroxyl groups excluding tert-OH is 1. The van der Waals surface area contributed by atoms with E-state index in [9.17, 15) is 9.90 Å². The lowest BCUT2D eigenvalue weighted by molar-refractivity contribution is 0.0532. The van der Waals surface area contributed by atoms with Crippen molar-refractivity contribution in [2.24, 2.45) is 0 Å². The highest BCUT2D eigenvalue weighted by molar-refractivity contribution is 7.14. The molecule has 1 aromatic heterocycles. The van der Waals surface area contributed by atoms with Crippen LogP contribution < -0.4 is 0 Å². The summed E-state index contributed by atoms with van der Waals surface area (Å²) in [5.41, 5.74) is 0. The molecule has 1 unspecified atom stereocenters. The van der Waals surface area contributed by atoms with Gasteiger partial charge >= 0.3 is 5.97 Å². The summed E-state index contributed by atoms with van der Waals surface area (Å²) < 4.78 is 4.94. The van der Waals surface area contributed by atoms with Crippen molar-refractivity contribution in [2.45, 2.75) is 19.4 Å². The standard InChI is InChI=1S/C16H23NO3S/c1-4-10-17(11-5-2)12-9-13(18)14-7-8-15(21-14)16(19)20-6-3/h4-5,7-8,13,18H,1-2,6,9-12H2,3H3. The fourth-order valence-electron chi connectivity index (χ4n) is 1.91. The molecule has 5 heteroatoms. The van der Waals surface area contributed by atoms with E-state index in [1.807, 2.05) is 12.2 Å². The summed E-state index contributed by atoms with van der Waals surface area (Å²) in [4.78, 5) is 15.1. The largest absolute Gasteiger partial charge is 0.462 e. The Labute approximate surface area is 130 Å². The fraction of sp³-hybridized carbons (Fsp3) is 0.438. The van der Waals surface area contributed by atoms with Crippen LogP contribution in [0.1, 0.15) is 34.0 Å². The third-order valence-electron chi connectivity index (χ3n) is 2.93. The number of nitrogens with zero attached hydrogens (tertiary/aromatic N) is 1. The van der Waals surface area contributed by atoms with E-state index in [-0.39, 0.29) is 5.97 Å². The van der Waals surface area contributed by atoms with Crippen molar-refractivity contribution in [3.63, 3.8) is 0 Å². The highest BCUT2D eigenvalue weighted by atomic mass is 32.1. The van der Waals surface area contributed by atoms with Crippen LogP contribution >= 0.6 is 11.3 Å². The quantitative estimate of drug-likeness (QED) is 0.533. The highest BCUT2D eigenvalue weighted by Gasteiger charge is 2.15. The molecular formula is C16H23NO3S. The third-order valence-corrected chi connectivity index (χ3v) is 4.09. The Morgan fingerprint density at radius 3 is 2.67 bits per heavy atom. The van der Waals surface area contributed by atoms with Gasteiger partial charge in [-0.1, -0.05) is 12.2 Å². The first-order chi connectivity index (χ1) is 10.1. The van der Waals surface area contributed by atoms with Gasteiger partial charge in [-0.25, -0.2) is 4.79 Å². The smallest absolute Gasteiger partial charge is 0.348 e. The van der Waals surface area contributed by atoms with Crippen molar-refractivity contribution in [1.29, 1.82) is 0 Å². The molecule has 1 atom stereocenters. The number of aliphatic hydroxyl groups is 1. The SMILES string of the molecule is C=CCN(CC=C)CCC(O)c1ccc(C(=O)OCC)s1. The molecule has 0 aliphatic rings. The van der Waals surface area contributed by atoms with E-state index in [4.69, 9.17) is 4.74 Å². The summed E-state index contributed by atoms with van der Waals surface area (Å²) in [5, 5.41) is 10.2. The molecule has 1 N–H and O–H groups in total. The Balaban J connectivity index is 2.54. The zero-order valence-electron chi connectivity index (χ0n) is 12.5. The van der Waals surface area contributed by atoms with E-state index in [0.29, 0.717) is 17.9 Å². The summed E-state index contributed by atoms with van der Waals surface area (Å²) in [6.07, 6.45) is 3.69. The van der Waals surface area contributed by atoms with Gasteiger partial charge in [-0.3, -0.25) is 4.90 Å². The van der Waals surface area contributed by atoms with Gasteiger partial charge in [0.15, 0.2) is 0 Å². The van der Waals surface area contributed by atoms with E-state index in [2.05, 4.69) is 18.1 Å². The number of carbonyl (C=O) groups is 1. The van der Waals surface area contributed by atoms with Gasteiger partial charge < -0.3 is 9.84 Å². The Hall–Kier alpha value is -1.43. The van der Waals surface area contributed by atoms with Crippen molar-refractivity contribution >= 4 is 17.3 Å². The van der Waals surface area contributed by atoms with Crippen LogP contribution in [0.4, 0.5) is 0 Å².